The molecule has 15 heavy (non-hydrogen) atoms. The van der Waals surface area contributed by atoms with Crippen LogP contribution in [0.2, 0.25) is 10.1 Å². The van der Waals surface area contributed by atoms with Gasteiger partial charge in [-0.3, -0.25) is 0 Å². The average molecular weight is 254 g/mol. The summed E-state index contributed by atoms with van der Waals surface area (Å²) in [6, 6.07) is 0. The summed E-state index contributed by atoms with van der Waals surface area (Å²) < 4.78 is 4.85. The van der Waals surface area contributed by atoms with Crippen molar-refractivity contribution in [1.82, 2.24) is 0 Å². The van der Waals surface area contributed by atoms with Gasteiger partial charge in [0.2, 0.25) is 0 Å². The van der Waals surface area contributed by atoms with Gasteiger partial charge in [-0.15, -0.1) is 0 Å². The van der Waals surface area contributed by atoms with Crippen molar-refractivity contribution in [3.05, 3.63) is 0 Å². The van der Waals surface area contributed by atoms with Crippen LogP contribution in [-0.2, 0) is 4.12 Å². The van der Waals surface area contributed by atoms with Gasteiger partial charge in [0.25, 0.3) is 0 Å². The van der Waals surface area contributed by atoms with Crippen LogP contribution in [0, 0.1) is 0 Å². The van der Waals surface area contributed by atoms with Gasteiger partial charge in [0.1, 0.15) is 0 Å². The summed E-state index contributed by atoms with van der Waals surface area (Å²) in [5.41, 5.74) is 0. The Hall–Kier alpha value is 0.234. The number of rotatable bonds is 2. The van der Waals surface area contributed by atoms with Gasteiger partial charge in [0.05, 0.1) is 0 Å². The van der Waals surface area contributed by atoms with Gasteiger partial charge < -0.3 is 23.3 Å². The van der Waals surface area contributed by atoms with Crippen molar-refractivity contribution in [1.29, 1.82) is 0 Å². The van der Waals surface area contributed by atoms with Gasteiger partial charge in [-0.1, -0.05) is 41.5 Å². The minimum Gasteiger partial charge on any atom is -0.410 e. The Bertz CT molecular complexity index is 209. The van der Waals surface area contributed by atoms with Crippen LogP contribution in [-0.4, -0.2) is 36.8 Å². The Labute approximate surface area is 93.1 Å². The van der Waals surface area contributed by atoms with E-state index in [9.17, 15) is 4.80 Å². The lowest BCUT2D eigenvalue weighted by molar-refractivity contribution is 0.0942. The maximum atomic E-state index is 10.5. The molecule has 7 heteroatoms. The van der Waals surface area contributed by atoms with E-state index in [1.807, 2.05) is 0 Å². The minimum absolute atomic E-state index is 0.627. The van der Waals surface area contributed by atoms with E-state index in [1.165, 1.54) is 0 Å². The topological polar surface area (TPSA) is 90.2 Å². The molecule has 0 heterocycles. The molecule has 92 valence electrons. The second kappa shape index (κ2) is 3.91. The van der Waals surface area contributed by atoms with Crippen molar-refractivity contribution in [3.63, 3.8) is 0 Å². The molecule has 0 aliphatic rings. The van der Waals surface area contributed by atoms with Crippen LogP contribution >= 0.6 is 0 Å². The molecule has 0 aromatic rings. The molecule has 0 atom stereocenters. The second-order valence-electron chi connectivity index (χ2n) is 5.82. The highest BCUT2D eigenvalue weighted by Gasteiger charge is 2.60. The van der Waals surface area contributed by atoms with Crippen molar-refractivity contribution in [2.75, 3.05) is 0 Å². The van der Waals surface area contributed by atoms with E-state index in [0.717, 1.165) is 0 Å². The van der Waals surface area contributed by atoms with Crippen molar-refractivity contribution >= 4 is 17.6 Å². The monoisotopic (exact) mass is 254 g/mol. The van der Waals surface area contributed by atoms with Crippen LogP contribution in [0.1, 0.15) is 41.5 Å². The Morgan fingerprint density at radius 2 is 1.00 bits per heavy atom. The fourth-order valence-electron chi connectivity index (χ4n) is 1.63. The Balaban J connectivity index is 5.26. The van der Waals surface area contributed by atoms with Crippen LogP contribution in [0.3, 0.4) is 0 Å². The first-order valence-electron chi connectivity index (χ1n) is 4.80. The molecule has 0 saturated carbocycles. The van der Waals surface area contributed by atoms with Crippen LogP contribution in [0.15, 0.2) is 0 Å². The van der Waals surface area contributed by atoms with E-state index in [4.69, 9.17) is 18.5 Å². The lowest BCUT2D eigenvalue weighted by Crippen LogP contribution is -2.62. The van der Waals surface area contributed by atoms with E-state index < -0.39 is 27.7 Å². The third kappa shape index (κ3) is 3.63. The standard InChI is InChI=1S/C8H22O5Si2/c1-7(2,3)14(9,8(4,5)6)13-15(10,11)12/h9-12H,1-6H3. The minimum atomic E-state index is -4.70. The molecule has 0 unspecified atom stereocenters. The molecular weight excluding hydrogens is 232 g/mol. The summed E-state index contributed by atoms with van der Waals surface area (Å²) in [4.78, 5) is 37.4. The Morgan fingerprint density at radius 3 is 1.07 bits per heavy atom. The highest BCUT2D eigenvalue weighted by Crippen LogP contribution is 2.50. The molecule has 0 aliphatic carbocycles. The molecule has 0 amide bonds. The van der Waals surface area contributed by atoms with Crippen molar-refractivity contribution in [3.8, 4) is 0 Å². The van der Waals surface area contributed by atoms with Crippen LogP contribution in [0.4, 0.5) is 0 Å². The second-order valence-corrected chi connectivity index (χ2v) is 12.1. The normalized spacial score (nSPS) is 15.6. The molecule has 5 nitrogen and oxygen atoms in total. The van der Waals surface area contributed by atoms with Gasteiger partial charge in [-0.25, -0.2) is 0 Å². The first-order valence-corrected chi connectivity index (χ1v) is 8.41. The van der Waals surface area contributed by atoms with Crippen LogP contribution < -0.4 is 0 Å². The quantitative estimate of drug-likeness (QED) is 0.537. The highest BCUT2D eigenvalue weighted by molar-refractivity contribution is 6.78. The first kappa shape index (κ1) is 15.2. The third-order valence-electron chi connectivity index (χ3n) is 2.32. The molecule has 0 aromatic heterocycles. The maximum absolute atomic E-state index is 10.5. The van der Waals surface area contributed by atoms with E-state index >= 15 is 0 Å². The molecule has 0 fully saturated rings. The van der Waals surface area contributed by atoms with Gasteiger partial charge in [-0.2, -0.15) is 0 Å². The molecule has 4 N–H and O–H groups in total. The molecule has 0 rings (SSSR count). The summed E-state index contributed by atoms with van der Waals surface area (Å²) in [6.45, 7) is 10.5. The van der Waals surface area contributed by atoms with Crippen molar-refractivity contribution < 1.29 is 23.3 Å². The molecule has 0 aromatic carbocycles. The molecule has 0 spiro atoms. The smallest absolute Gasteiger partial charge is 0.410 e. The van der Waals surface area contributed by atoms with Gasteiger partial charge >= 0.3 is 17.6 Å². The molecular formula is C8H22O5Si2. The lowest BCUT2D eigenvalue weighted by atomic mass is 10.2. The molecule has 0 aliphatic heterocycles. The number of hydrogen-bond donors (Lipinski definition) is 4. The van der Waals surface area contributed by atoms with Crippen molar-refractivity contribution in [2.45, 2.75) is 51.6 Å². The van der Waals surface area contributed by atoms with E-state index in [0.29, 0.717) is 0 Å². The van der Waals surface area contributed by atoms with Crippen molar-refractivity contribution in [2.24, 2.45) is 0 Å². The summed E-state index contributed by atoms with van der Waals surface area (Å²) in [7, 11) is -8.18. The summed E-state index contributed by atoms with van der Waals surface area (Å²) in [5.74, 6) is 0. The largest absolute Gasteiger partial charge is 0.662 e. The summed E-state index contributed by atoms with van der Waals surface area (Å²) >= 11 is 0. The average Bonchev–Trinajstić information content (AvgIpc) is 1.77. The molecule has 0 radical (unpaired) electrons. The predicted molar refractivity (Wildman–Crippen MR) is 60.9 cm³/mol. The van der Waals surface area contributed by atoms with Gasteiger partial charge in [-0.05, 0) is 0 Å². The molecule has 0 saturated heterocycles. The zero-order valence-electron chi connectivity index (χ0n) is 10.2. The fraction of sp³-hybridized carbons (Fsp3) is 1.00. The fourth-order valence-corrected chi connectivity index (χ4v) is 7.91. The van der Waals surface area contributed by atoms with Crippen LogP contribution in [0.25, 0.3) is 0 Å². The zero-order chi connectivity index (χ0) is 12.7. The SMILES string of the molecule is CC(C)(C)[Si](O)(O[Si](O)(O)O)C(C)(C)C. The van der Waals surface area contributed by atoms with Crippen LogP contribution in [0.5, 0.6) is 0 Å². The van der Waals surface area contributed by atoms with Gasteiger partial charge in [0, 0.05) is 10.1 Å². The molecule has 0 bridgehead atoms. The first-order chi connectivity index (χ1) is 6.21. The Kier molecular flexibility index (Phi) is 3.98. The van der Waals surface area contributed by atoms with Gasteiger partial charge in [0.15, 0.2) is 0 Å². The summed E-state index contributed by atoms with van der Waals surface area (Å²) in [5, 5.41) is -1.25. The maximum Gasteiger partial charge on any atom is 0.662 e. The Morgan fingerprint density at radius 1 is 0.733 bits per heavy atom. The highest BCUT2D eigenvalue weighted by atomic mass is 28.5. The predicted octanol–water partition coefficient (Wildman–Crippen LogP) is 0.450. The summed E-state index contributed by atoms with van der Waals surface area (Å²) in [6.07, 6.45) is 0. The third-order valence-corrected chi connectivity index (χ3v) is 8.66. The van der Waals surface area contributed by atoms with E-state index in [-0.39, 0.29) is 0 Å². The van der Waals surface area contributed by atoms with E-state index in [2.05, 4.69) is 0 Å². The zero-order valence-corrected chi connectivity index (χ0v) is 12.2. The number of hydrogen-bond acceptors (Lipinski definition) is 5. The lowest BCUT2D eigenvalue weighted by Gasteiger charge is -2.46. The van der Waals surface area contributed by atoms with E-state index in [1.54, 1.807) is 41.5 Å².